The molecule has 2 amide bonds. The molecule has 2 fully saturated rings. The van der Waals surface area contributed by atoms with Crippen molar-refractivity contribution in [2.45, 2.75) is 64.0 Å². The number of phenolic OH excluding ortho intramolecular Hbond substituents is 1. The first-order chi connectivity index (χ1) is 18.8. The number of carbonyl (C=O) groups excluding carboxylic acids is 2. The third kappa shape index (κ3) is 6.73. The second-order valence-electron chi connectivity index (χ2n) is 10.6. The van der Waals surface area contributed by atoms with Gasteiger partial charge in [0.25, 0.3) is 5.91 Å². The van der Waals surface area contributed by atoms with Gasteiger partial charge in [-0.2, -0.15) is 10.4 Å². The number of nitriles is 1. The summed E-state index contributed by atoms with van der Waals surface area (Å²) in [5, 5.41) is 26.7. The molecule has 39 heavy (non-hydrogen) atoms. The van der Waals surface area contributed by atoms with E-state index in [1.54, 1.807) is 4.68 Å². The van der Waals surface area contributed by atoms with Crippen LogP contribution in [0.25, 0.3) is 5.57 Å². The average Bonchev–Trinajstić information content (AvgIpc) is 3.59. The summed E-state index contributed by atoms with van der Waals surface area (Å²) in [6.45, 7) is 3.67. The standard InChI is InChI=1S/C25H27FN6O3.C4H8/c26-21-13-19(17-4-2-1-3-5-17)22(34)12-18(21)14-31-10-7-25(6-9-27,8-11-31)32-15-20(23(28)35)24(30-32)29-16-33;1-4-2-3-4/h2,4-5,12-13,15-16,34H,1,3,6-8,10-11,14H2,(H2,28,35)(H,29,30,33);4H,2-3H2,1H3. The van der Waals surface area contributed by atoms with Gasteiger partial charge in [-0.1, -0.05) is 38.0 Å². The molecule has 2 heterocycles. The fourth-order valence-corrected chi connectivity index (χ4v) is 4.90. The lowest BCUT2D eigenvalue weighted by molar-refractivity contribution is -0.105. The first-order valence-corrected chi connectivity index (χ1v) is 13.3. The van der Waals surface area contributed by atoms with Gasteiger partial charge in [-0.3, -0.25) is 19.2 Å². The Bertz CT molecular complexity index is 1310. The zero-order valence-electron chi connectivity index (χ0n) is 22.2. The van der Waals surface area contributed by atoms with E-state index in [1.165, 1.54) is 31.2 Å². The molecule has 1 saturated carbocycles. The van der Waals surface area contributed by atoms with E-state index in [4.69, 9.17) is 5.73 Å². The maximum atomic E-state index is 14.9. The number of carbonyl (C=O) groups is 2. The number of halogens is 1. The minimum absolute atomic E-state index is 0.0424. The number of likely N-dealkylation sites (tertiary alicyclic amines) is 1. The Labute approximate surface area is 227 Å². The number of allylic oxidation sites excluding steroid dienone is 4. The molecular formula is C29H35FN6O3. The molecule has 206 valence electrons. The second-order valence-corrected chi connectivity index (χ2v) is 10.6. The number of hydrogen-bond donors (Lipinski definition) is 3. The molecule has 0 radical (unpaired) electrons. The van der Waals surface area contributed by atoms with Gasteiger partial charge < -0.3 is 16.2 Å². The van der Waals surface area contributed by atoms with Crippen molar-refractivity contribution < 1.29 is 19.1 Å². The van der Waals surface area contributed by atoms with E-state index in [-0.39, 0.29) is 29.4 Å². The number of aromatic nitrogens is 2. The second kappa shape index (κ2) is 12.3. The van der Waals surface area contributed by atoms with Crippen LogP contribution < -0.4 is 11.1 Å². The highest BCUT2D eigenvalue weighted by Crippen LogP contribution is 2.36. The minimum Gasteiger partial charge on any atom is -0.507 e. The molecular weight excluding hydrogens is 499 g/mol. The highest BCUT2D eigenvalue weighted by atomic mass is 19.1. The maximum Gasteiger partial charge on any atom is 0.254 e. The normalized spacial score (nSPS) is 18.3. The van der Waals surface area contributed by atoms with Crippen molar-refractivity contribution in [3.05, 3.63) is 59.1 Å². The van der Waals surface area contributed by atoms with E-state index in [0.717, 1.165) is 24.3 Å². The van der Waals surface area contributed by atoms with Crippen LogP contribution in [0.1, 0.15) is 73.4 Å². The lowest BCUT2D eigenvalue weighted by Gasteiger charge is -2.40. The van der Waals surface area contributed by atoms with Gasteiger partial charge in [-0.05, 0) is 49.3 Å². The largest absolute Gasteiger partial charge is 0.507 e. The summed E-state index contributed by atoms with van der Waals surface area (Å²) in [5.74, 6) is 0.0613. The molecule has 5 rings (SSSR count). The summed E-state index contributed by atoms with van der Waals surface area (Å²) >= 11 is 0. The number of phenols is 1. The predicted molar refractivity (Wildman–Crippen MR) is 146 cm³/mol. The fourth-order valence-electron chi connectivity index (χ4n) is 4.90. The van der Waals surface area contributed by atoms with E-state index in [2.05, 4.69) is 28.3 Å². The van der Waals surface area contributed by atoms with Gasteiger partial charge in [0.15, 0.2) is 5.82 Å². The summed E-state index contributed by atoms with van der Waals surface area (Å²) in [5.41, 5.74) is 6.48. The third-order valence-corrected chi connectivity index (χ3v) is 7.59. The van der Waals surface area contributed by atoms with Crippen molar-refractivity contribution in [1.29, 1.82) is 5.26 Å². The van der Waals surface area contributed by atoms with Crippen LogP contribution in [0.2, 0.25) is 0 Å². The number of nitrogens with zero attached hydrogens (tertiary/aromatic N) is 4. The Morgan fingerprint density at radius 3 is 2.62 bits per heavy atom. The summed E-state index contributed by atoms with van der Waals surface area (Å²) < 4.78 is 16.5. The number of primary amides is 1. The van der Waals surface area contributed by atoms with Gasteiger partial charge in [-0.25, -0.2) is 4.39 Å². The molecule has 1 aliphatic heterocycles. The molecule has 10 heteroatoms. The molecule has 1 saturated heterocycles. The average molecular weight is 535 g/mol. The Morgan fingerprint density at radius 2 is 2.05 bits per heavy atom. The van der Waals surface area contributed by atoms with Crippen LogP contribution in [-0.2, 0) is 16.9 Å². The molecule has 4 N–H and O–H groups in total. The van der Waals surface area contributed by atoms with Gasteiger partial charge in [-0.15, -0.1) is 0 Å². The molecule has 0 unspecified atom stereocenters. The third-order valence-electron chi connectivity index (χ3n) is 7.59. The summed E-state index contributed by atoms with van der Waals surface area (Å²) in [7, 11) is 0. The van der Waals surface area contributed by atoms with Gasteiger partial charge >= 0.3 is 0 Å². The van der Waals surface area contributed by atoms with E-state index < -0.39 is 11.4 Å². The number of aromatic hydroxyl groups is 1. The quantitative estimate of drug-likeness (QED) is 0.428. The lowest BCUT2D eigenvalue weighted by Crippen LogP contribution is -2.46. The fraction of sp³-hybridized carbons (Fsp3) is 0.448. The van der Waals surface area contributed by atoms with E-state index >= 15 is 0 Å². The van der Waals surface area contributed by atoms with Crippen molar-refractivity contribution in [2.75, 3.05) is 18.4 Å². The van der Waals surface area contributed by atoms with E-state index in [0.29, 0.717) is 50.0 Å². The zero-order chi connectivity index (χ0) is 28.0. The van der Waals surface area contributed by atoms with E-state index in [1.807, 2.05) is 18.2 Å². The highest BCUT2D eigenvalue weighted by Gasteiger charge is 2.38. The molecule has 1 aromatic carbocycles. The number of benzene rings is 1. The number of piperidine rings is 1. The Kier molecular flexibility index (Phi) is 8.82. The van der Waals surface area contributed by atoms with Crippen LogP contribution in [-0.4, -0.2) is 45.2 Å². The molecule has 9 nitrogen and oxygen atoms in total. The Hall–Kier alpha value is -3.97. The minimum atomic E-state index is -0.733. The van der Waals surface area contributed by atoms with Crippen LogP contribution >= 0.6 is 0 Å². The molecule has 1 aromatic heterocycles. The molecule has 0 atom stereocenters. The molecule has 0 bridgehead atoms. The Morgan fingerprint density at radius 1 is 1.33 bits per heavy atom. The molecule has 0 spiro atoms. The monoisotopic (exact) mass is 534 g/mol. The number of hydrogen-bond acceptors (Lipinski definition) is 6. The SMILES string of the molecule is CC1CC1.N#CCC1(n2cc(C(N)=O)c(NC=O)n2)CCN(Cc2cc(O)c(C3=CCCC=C3)cc2F)CC1. The van der Waals surface area contributed by atoms with Gasteiger partial charge in [0.2, 0.25) is 6.41 Å². The van der Waals surface area contributed by atoms with Crippen molar-refractivity contribution in [3.8, 4) is 11.8 Å². The van der Waals surface area contributed by atoms with Gasteiger partial charge in [0, 0.05) is 37.0 Å². The number of rotatable bonds is 8. The van der Waals surface area contributed by atoms with Crippen LogP contribution in [0.4, 0.5) is 10.2 Å². The van der Waals surface area contributed by atoms with E-state index in [9.17, 15) is 24.3 Å². The maximum absolute atomic E-state index is 14.9. The highest BCUT2D eigenvalue weighted by molar-refractivity contribution is 5.99. The first-order valence-electron chi connectivity index (χ1n) is 13.3. The van der Waals surface area contributed by atoms with Gasteiger partial charge in [0.05, 0.1) is 18.0 Å². The zero-order valence-corrected chi connectivity index (χ0v) is 22.2. The van der Waals surface area contributed by atoms with Crippen LogP contribution in [0.5, 0.6) is 5.75 Å². The first kappa shape index (κ1) is 28.0. The van der Waals surface area contributed by atoms with Gasteiger partial charge in [0.1, 0.15) is 17.1 Å². The van der Waals surface area contributed by atoms with Crippen molar-refractivity contribution >= 4 is 23.7 Å². The van der Waals surface area contributed by atoms with Crippen LogP contribution in [0.3, 0.4) is 0 Å². The van der Waals surface area contributed by atoms with Crippen molar-refractivity contribution in [2.24, 2.45) is 11.7 Å². The summed E-state index contributed by atoms with van der Waals surface area (Å²) in [6, 6.07) is 5.06. The van der Waals surface area contributed by atoms with Crippen molar-refractivity contribution in [1.82, 2.24) is 14.7 Å². The smallest absolute Gasteiger partial charge is 0.254 e. The van der Waals surface area contributed by atoms with Crippen molar-refractivity contribution in [3.63, 3.8) is 0 Å². The summed E-state index contributed by atoms with van der Waals surface area (Å²) in [6.07, 6.45) is 13.7. The molecule has 3 aliphatic rings. The number of nitrogens with one attached hydrogen (secondary N) is 1. The molecule has 2 aliphatic carbocycles. The number of amides is 2. The topological polar surface area (TPSA) is 137 Å². The van der Waals surface area contributed by atoms with Crippen LogP contribution in [0.15, 0.2) is 36.6 Å². The number of anilines is 1. The predicted octanol–water partition coefficient (Wildman–Crippen LogP) is 4.45. The molecule has 2 aromatic rings. The lowest BCUT2D eigenvalue weighted by atomic mass is 9.84. The van der Waals surface area contributed by atoms with Crippen LogP contribution in [0, 0.1) is 23.1 Å². The summed E-state index contributed by atoms with van der Waals surface area (Å²) in [4.78, 5) is 24.7. The number of nitrogens with two attached hydrogens (primary N) is 1. The Balaban J connectivity index is 0.000000808.